The van der Waals surface area contributed by atoms with Gasteiger partial charge in [0, 0.05) is 34.0 Å². The summed E-state index contributed by atoms with van der Waals surface area (Å²) in [6.07, 6.45) is 3.75. The molecule has 45 heavy (non-hydrogen) atoms. The zero-order valence-corrected chi connectivity index (χ0v) is 26.4. The van der Waals surface area contributed by atoms with Crippen molar-refractivity contribution in [1.82, 2.24) is 9.97 Å². The van der Waals surface area contributed by atoms with E-state index < -0.39 is 0 Å². The van der Waals surface area contributed by atoms with Gasteiger partial charge in [0.25, 0.3) is 0 Å². The first-order chi connectivity index (χ1) is 21.7. The second-order valence-electron chi connectivity index (χ2n) is 13.9. The Morgan fingerprint density at radius 3 is 1.69 bits per heavy atom. The monoisotopic (exact) mass is 578 g/mol. The lowest BCUT2D eigenvalue weighted by Gasteiger charge is -2.24. The van der Waals surface area contributed by atoms with Crippen LogP contribution in [0, 0.1) is 6.92 Å². The lowest BCUT2D eigenvalue weighted by Crippen LogP contribution is -2.17. The maximum atomic E-state index is 4.62. The Morgan fingerprint density at radius 1 is 0.444 bits per heavy atom. The summed E-state index contributed by atoms with van der Waals surface area (Å²) in [6.45, 7) is 11.9. The molecule has 0 spiro atoms. The number of nitrogens with zero attached hydrogens (tertiary/aromatic N) is 2. The van der Waals surface area contributed by atoms with Gasteiger partial charge in [-0.2, -0.15) is 0 Å². The number of fused-ring (bicyclic) bond motifs is 8. The Labute approximate surface area is 264 Å². The molecule has 2 aromatic heterocycles. The highest BCUT2D eigenvalue weighted by Gasteiger charge is 2.42. The Balaban J connectivity index is 1.20. The summed E-state index contributed by atoms with van der Waals surface area (Å²) >= 11 is 0. The minimum absolute atomic E-state index is 0.116. The van der Waals surface area contributed by atoms with E-state index in [2.05, 4.69) is 136 Å². The molecular weight excluding hydrogens is 544 g/mol. The summed E-state index contributed by atoms with van der Waals surface area (Å²) < 4.78 is 0. The van der Waals surface area contributed by atoms with Gasteiger partial charge < -0.3 is 0 Å². The molecule has 0 N–H and O–H groups in total. The van der Waals surface area contributed by atoms with Crippen molar-refractivity contribution in [3.8, 4) is 44.5 Å². The molecule has 216 valence electrons. The third kappa shape index (κ3) is 3.57. The molecule has 0 fully saturated rings. The van der Waals surface area contributed by atoms with Crippen LogP contribution < -0.4 is 0 Å². The molecule has 7 aromatic rings. The molecular formula is C43H34N2. The molecule has 0 amide bonds. The molecule has 9 rings (SSSR count). The number of pyridine rings is 2. The van der Waals surface area contributed by atoms with Crippen molar-refractivity contribution in [3.05, 3.63) is 143 Å². The normalized spacial score (nSPS) is 15.1. The first-order valence-electron chi connectivity index (χ1n) is 15.9. The van der Waals surface area contributed by atoms with E-state index in [9.17, 15) is 0 Å². The number of rotatable bonds is 2. The lowest BCUT2D eigenvalue weighted by molar-refractivity contribution is 0.652. The highest BCUT2D eigenvalue weighted by molar-refractivity contribution is 5.98. The minimum Gasteiger partial charge on any atom is -0.256 e. The molecule has 2 heteroatoms. The van der Waals surface area contributed by atoms with E-state index in [1.165, 1.54) is 83.1 Å². The van der Waals surface area contributed by atoms with Crippen molar-refractivity contribution in [2.75, 3.05) is 0 Å². The fourth-order valence-corrected chi connectivity index (χ4v) is 8.32. The Morgan fingerprint density at radius 2 is 1.00 bits per heavy atom. The van der Waals surface area contributed by atoms with Crippen LogP contribution >= 0.6 is 0 Å². The van der Waals surface area contributed by atoms with Crippen LogP contribution in [0.25, 0.3) is 66.3 Å². The van der Waals surface area contributed by atoms with Crippen LogP contribution in [-0.2, 0) is 10.8 Å². The average Bonchev–Trinajstić information content (AvgIpc) is 3.42. The fourth-order valence-electron chi connectivity index (χ4n) is 8.32. The largest absolute Gasteiger partial charge is 0.256 e. The lowest BCUT2D eigenvalue weighted by atomic mass is 9.78. The second kappa shape index (κ2) is 8.99. The summed E-state index contributed by atoms with van der Waals surface area (Å²) in [5.41, 5.74) is 19.3. The van der Waals surface area contributed by atoms with E-state index in [1.54, 1.807) is 0 Å². The standard InChI is InChI=1S/C43H34N2/c1-25-20-27(29-11-7-15-40-32(29)13-9-19-45-40)22-38-41(25)34-24-36-33(23-37(34)43(38,4)5)30-17-16-26(21-35(30)42(36,2)3)28-10-6-14-39-31(28)12-8-18-44-39/h6-24H,1-5H3. The number of aryl methyl sites for hydroxylation is 1. The second-order valence-corrected chi connectivity index (χ2v) is 13.9. The van der Waals surface area contributed by atoms with Crippen LogP contribution in [-0.4, -0.2) is 9.97 Å². The zero-order valence-electron chi connectivity index (χ0n) is 26.4. The number of hydrogen-bond donors (Lipinski definition) is 0. The zero-order chi connectivity index (χ0) is 30.7. The molecule has 0 saturated heterocycles. The molecule has 2 heterocycles. The van der Waals surface area contributed by atoms with Crippen LogP contribution in [0.4, 0.5) is 0 Å². The third-order valence-corrected chi connectivity index (χ3v) is 10.7. The van der Waals surface area contributed by atoms with Gasteiger partial charge in [0.2, 0.25) is 0 Å². The maximum Gasteiger partial charge on any atom is 0.0708 e. The van der Waals surface area contributed by atoms with Gasteiger partial charge in [-0.1, -0.05) is 82.3 Å². The van der Waals surface area contributed by atoms with E-state index in [-0.39, 0.29) is 10.8 Å². The smallest absolute Gasteiger partial charge is 0.0708 e. The highest BCUT2D eigenvalue weighted by atomic mass is 14.6. The van der Waals surface area contributed by atoms with Crippen LogP contribution in [0.5, 0.6) is 0 Å². The van der Waals surface area contributed by atoms with Crippen LogP contribution in [0.15, 0.2) is 116 Å². The maximum absolute atomic E-state index is 4.62. The average molecular weight is 579 g/mol. The van der Waals surface area contributed by atoms with Gasteiger partial charge >= 0.3 is 0 Å². The molecule has 5 aromatic carbocycles. The van der Waals surface area contributed by atoms with Gasteiger partial charge in [0.1, 0.15) is 0 Å². The SMILES string of the molecule is Cc1cc(-c2cccc3ncccc23)cc2c1-c1cc3c(cc1C2(C)C)-c1ccc(-c2cccc4ncccc24)cc1C3(C)C. The van der Waals surface area contributed by atoms with E-state index in [0.717, 1.165) is 11.0 Å². The Bertz CT molecular complexity index is 2380. The number of hydrogen-bond acceptors (Lipinski definition) is 2. The molecule has 0 aliphatic heterocycles. The molecule has 0 atom stereocenters. The van der Waals surface area contributed by atoms with Crippen molar-refractivity contribution >= 4 is 21.8 Å². The van der Waals surface area contributed by atoms with E-state index in [1.807, 2.05) is 24.5 Å². The van der Waals surface area contributed by atoms with Gasteiger partial charge in [0.15, 0.2) is 0 Å². The topological polar surface area (TPSA) is 25.8 Å². The fraction of sp³-hybridized carbons (Fsp3) is 0.163. The van der Waals surface area contributed by atoms with Gasteiger partial charge in [-0.05, 0) is 128 Å². The van der Waals surface area contributed by atoms with Gasteiger partial charge in [-0.15, -0.1) is 0 Å². The summed E-state index contributed by atoms with van der Waals surface area (Å²) in [6, 6.07) is 38.3. The van der Waals surface area contributed by atoms with Gasteiger partial charge in [0.05, 0.1) is 11.0 Å². The van der Waals surface area contributed by atoms with Crippen molar-refractivity contribution < 1.29 is 0 Å². The Hall–Kier alpha value is -5.08. The Kier molecular flexibility index (Phi) is 5.26. The summed E-state index contributed by atoms with van der Waals surface area (Å²) in [5.74, 6) is 0. The molecule has 0 bridgehead atoms. The molecule has 0 saturated carbocycles. The summed E-state index contributed by atoms with van der Waals surface area (Å²) in [7, 11) is 0. The molecule has 0 unspecified atom stereocenters. The van der Waals surface area contributed by atoms with Gasteiger partial charge in [-0.3, -0.25) is 9.97 Å². The predicted octanol–water partition coefficient (Wildman–Crippen LogP) is 11.0. The van der Waals surface area contributed by atoms with Crippen molar-refractivity contribution in [3.63, 3.8) is 0 Å². The first kappa shape index (κ1) is 26.3. The first-order valence-corrected chi connectivity index (χ1v) is 15.9. The van der Waals surface area contributed by atoms with Crippen molar-refractivity contribution in [2.45, 2.75) is 45.4 Å². The quantitative estimate of drug-likeness (QED) is 0.204. The summed E-state index contributed by atoms with van der Waals surface area (Å²) in [4.78, 5) is 9.23. The van der Waals surface area contributed by atoms with E-state index in [4.69, 9.17) is 0 Å². The number of benzene rings is 5. The molecule has 2 nitrogen and oxygen atoms in total. The minimum atomic E-state index is -0.119. The van der Waals surface area contributed by atoms with Crippen LogP contribution in [0.1, 0.15) is 55.5 Å². The third-order valence-electron chi connectivity index (χ3n) is 10.7. The van der Waals surface area contributed by atoms with Crippen LogP contribution in [0.3, 0.4) is 0 Å². The van der Waals surface area contributed by atoms with E-state index in [0.29, 0.717) is 0 Å². The highest BCUT2D eigenvalue weighted by Crippen LogP contribution is 2.57. The molecule has 2 aliphatic rings. The number of aromatic nitrogens is 2. The van der Waals surface area contributed by atoms with Crippen molar-refractivity contribution in [1.29, 1.82) is 0 Å². The van der Waals surface area contributed by atoms with Gasteiger partial charge in [-0.25, -0.2) is 0 Å². The predicted molar refractivity (Wildman–Crippen MR) is 188 cm³/mol. The molecule has 0 radical (unpaired) electrons. The van der Waals surface area contributed by atoms with Crippen LogP contribution in [0.2, 0.25) is 0 Å². The van der Waals surface area contributed by atoms with Crippen molar-refractivity contribution in [2.24, 2.45) is 0 Å². The van der Waals surface area contributed by atoms with E-state index >= 15 is 0 Å². The molecule has 2 aliphatic carbocycles. The summed E-state index contributed by atoms with van der Waals surface area (Å²) in [5, 5.41) is 2.39.